The molecule has 2 rings (SSSR count). The van der Waals surface area contributed by atoms with Gasteiger partial charge in [-0.05, 0) is 19.1 Å². The Kier molecular flexibility index (Phi) is 5.49. The number of anilines is 3. The molecular formula is C12H14F3N7OS. The summed E-state index contributed by atoms with van der Waals surface area (Å²) in [4.78, 5) is 10.9. The van der Waals surface area contributed by atoms with Crippen LogP contribution in [0.1, 0.15) is 19.5 Å². The highest BCUT2D eigenvalue weighted by molar-refractivity contribution is 7.19. The third-order valence-corrected chi connectivity index (χ3v) is 3.39. The molecule has 130 valence electrons. The molecule has 2 aromatic heterocycles. The number of hydrogen-bond donors (Lipinski definition) is 3. The van der Waals surface area contributed by atoms with Crippen LogP contribution < -0.4 is 16.0 Å². The molecule has 0 radical (unpaired) electrons. The van der Waals surface area contributed by atoms with E-state index in [1.807, 2.05) is 6.92 Å². The van der Waals surface area contributed by atoms with Gasteiger partial charge in [0.1, 0.15) is 5.82 Å². The second-order valence-corrected chi connectivity index (χ2v) is 5.80. The molecule has 0 saturated heterocycles. The topological polar surface area (TPSA) is 105 Å². The first-order valence-corrected chi connectivity index (χ1v) is 7.58. The molecule has 0 spiro atoms. The first kappa shape index (κ1) is 17.8. The highest BCUT2D eigenvalue weighted by atomic mass is 32.1. The Morgan fingerprint density at radius 2 is 1.92 bits per heavy atom. The Hall–Kier alpha value is -2.50. The number of rotatable bonds is 6. The molecule has 1 unspecified atom stereocenters. The Morgan fingerprint density at radius 3 is 2.50 bits per heavy atom. The summed E-state index contributed by atoms with van der Waals surface area (Å²) in [5, 5.41) is 23.6. The number of halogens is 3. The van der Waals surface area contributed by atoms with Crippen LogP contribution in [0.5, 0.6) is 0 Å². The summed E-state index contributed by atoms with van der Waals surface area (Å²) in [6, 6.07) is 1.95. The number of amides is 1. The zero-order chi connectivity index (χ0) is 17.7. The fraction of sp³-hybridized carbons (Fsp3) is 0.417. The van der Waals surface area contributed by atoms with E-state index in [4.69, 9.17) is 0 Å². The van der Waals surface area contributed by atoms with Gasteiger partial charge >= 0.3 is 6.18 Å². The van der Waals surface area contributed by atoms with E-state index in [-0.39, 0.29) is 17.8 Å². The van der Waals surface area contributed by atoms with Crippen LogP contribution in [-0.4, -0.2) is 38.9 Å². The van der Waals surface area contributed by atoms with Crippen LogP contribution in [-0.2, 0) is 11.0 Å². The minimum Gasteiger partial charge on any atom is -0.367 e. The number of carbonyl (C=O) groups is 1. The van der Waals surface area contributed by atoms with Crippen LogP contribution in [0.15, 0.2) is 12.1 Å². The summed E-state index contributed by atoms with van der Waals surface area (Å²) in [6.45, 7) is 3.57. The zero-order valence-electron chi connectivity index (χ0n) is 12.7. The van der Waals surface area contributed by atoms with Crippen LogP contribution >= 0.6 is 11.3 Å². The van der Waals surface area contributed by atoms with Gasteiger partial charge in [0.25, 0.3) is 0 Å². The van der Waals surface area contributed by atoms with E-state index in [0.717, 1.165) is 6.07 Å². The summed E-state index contributed by atoms with van der Waals surface area (Å²) >= 11 is 1.17. The molecule has 2 aromatic rings. The highest BCUT2D eigenvalue weighted by Crippen LogP contribution is 2.27. The summed E-state index contributed by atoms with van der Waals surface area (Å²) in [7, 11) is 0. The summed E-state index contributed by atoms with van der Waals surface area (Å²) in [6.07, 6.45) is -4.51. The van der Waals surface area contributed by atoms with Gasteiger partial charge in [0, 0.05) is 19.5 Å². The van der Waals surface area contributed by atoms with E-state index < -0.39 is 11.9 Å². The summed E-state index contributed by atoms with van der Waals surface area (Å²) in [5.41, 5.74) is -1.04. The van der Waals surface area contributed by atoms with E-state index in [1.54, 1.807) is 0 Å². The predicted molar refractivity (Wildman–Crippen MR) is 82.8 cm³/mol. The van der Waals surface area contributed by atoms with Crippen molar-refractivity contribution in [1.29, 1.82) is 0 Å². The summed E-state index contributed by atoms with van der Waals surface area (Å²) < 4.78 is 37.2. The molecule has 0 aliphatic heterocycles. The molecule has 0 aliphatic carbocycles. The second-order valence-electron chi connectivity index (χ2n) is 4.82. The molecule has 0 bridgehead atoms. The highest BCUT2D eigenvalue weighted by Gasteiger charge is 2.32. The fourth-order valence-electron chi connectivity index (χ4n) is 1.58. The van der Waals surface area contributed by atoms with Gasteiger partial charge in [0.15, 0.2) is 5.69 Å². The first-order chi connectivity index (χ1) is 11.2. The molecule has 1 amide bonds. The van der Waals surface area contributed by atoms with Crippen molar-refractivity contribution in [2.75, 3.05) is 22.5 Å². The molecule has 0 aliphatic rings. The van der Waals surface area contributed by atoms with Crippen LogP contribution in [0, 0.1) is 0 Å². The molecule has 0 saturated carbocycles. The fourth-order valence-corrected chi connectivity index (χ4v) is 2.38. The molecular weight excluding hydrogens is 347 g/mol. The first-order valence-electron chi connectivity index (χ1n) is 6.76. The molecule has 0 fully saturated rings. The summed E-state index contributed by atoms with van der Waals surface area (Å²) in [5.74, 6) is -0.0128. The van der Waals surface area contributed by atoms with Crippen molar-refractivity contribution in [2.24, 2.45) is 0 Å². The lowest BCUT2D eigenvalue weighted by Crippen LogP contribution is -2.25. The van der Waals surface area contributed by atoms with E-state index in [2.05, 4.69) is 36.3 Å². The number of nitrogens with zero attached hydrogens (tertiary/aromatic N) is 4. The Balaban J connectivity index is 1.83. The van der Waals surface area contributed by atoms with Crippen molar-refractivity contribution >= 4 is 33.3 Å². The monoisotopic (exact) mass is 361 g/mol. The van der Waals surface area contributed by atoms with Crippen LogP contribution in [0.4, 0.5) is 29.3 Å². The Morgan fingerprint density at radius 1 is 1.21 bits per heavy atom. The number of carbonyl (C=O) groups excluding carboxylic acids is 1. The third-order valence-electron chi connectivity index (χ3n) is 2.62. The van der Waals surface area contributed by atoms with E-state index in [1.165, 1.54) is 24.3 Å². The van der Waals surface area contributed by atoms with Gasteiger partial charge < -0.3 is 16.0 Å². The molecule has 1 atom stereocenters. The third kappa shape index (κ3) is 5.30. The Labute approximate surface area is 138 Å². The van der Waals surface area contributed by atoms with Crippen molar-refractivity contribution in [3.05, 3.63) is 17.8 Å². The van der Waals surface area contributed by atoms with Crippen molar-refractivity contribution < 1.29 is 18.0 Å². The maximum absolute atomic E-state index is 12.4. The average molecular weight is 361 g/mol. The van der Waals surface area contributed by atoms with Gasteiger partial charge in [-0.2, -0.15) is 13.2 Å². The van der Waals surface area contributed by atoms with Crippen molar-refractivity contribution in [3.8, 4) is 0 Å². The molecule has 0 aromatic carbocycles. The van der Waals surface area contributed by atoms with Crippen LogP contribution in [0.2, 0.25) is 0 Å². The SMILES string of the molecule is CC(=O)Nc1nnc(NC(C)CNc2ccc(C(F)(F)F)nn2)s1. The van der Waals surface area contributed by atoms with Crippen molar-refractivity contribution in [1.82, 2.24) is 20.4 Å². The molecule has 24 heavy (non-hydrogen) atoms. The normalized spacial score (nSPS) is 12.5. The van der Waals surface area contributed by atoms with Crippen LogP contribution in [0.3, 0.4) is 0 Å². The quantitative estimate of drug-likeness (QED) is 0.724. The number of hydrogen-bond acceptors (Lipinski definition) is 8. The maximum atomic E-state index is 12.4. The minimum atomic E-state index is -4.51. The van der Waals surface area contributed by atoms with E-state index in [0.29, 0.717) is 16.8 Å². The number of aromatic nitrogens is 4. The predicted octanol–water partition coefficient (Wildman–Crippen LogP) is 2.22. The smallest absolute Gasteiger partial charge is 0.367 e. The lowest BCUT2D eigenvalue weighted by molar-refractivity contribution is -0.141. The van der Waals surface area contributed by atoms with Gasteiger partial charge in [-0.1, -0.05) is 11.3 Å². The maximum Gasteiger partial charge on any atom is 0.435 e. The van der Waals surface area contributed by atoms with E-state index >= 15 is 0 Å². The lowest BCUT2D eigenvalue weighted by atomic mass is 10.3. The van der Waals surface area contributed by atoms with E-state index in [9.17, 15) is 18.0 Å². The van der Waals surface area contributed by atoms with Gasteiger partial charge in [0.2, 0.25) is 16.2 Å². The van der Waals surface area contributed by atoms with Gasteiger partial charge in [-0.25, -0.2) is 0 Å². The molecule has 2 heterocycles. The standard InChI is InChI=1S/C12H14F3N7OS/c1-6(17-10-21-22-11(24-10)18-7(2)23)5-16-9-4-3-8(19-20-9)12(13,14)15/h3-4,6H,5H2,1-2H3,(H,16,20)(H,17,21)(H,18,22,23). The number of alkyl halides is 3. The van der Waals surface area contributed by atoms with Crippen molar-refractivity contribution in [3.63, 3.8) is 0 Å². The van der Waals surface area contributed by atoms with Gasteiger partial charge in [-0.3, -0.25) is 4.79 Å². The van der Waals surface area contributed by atoms with Gasteiger partial charge in [0.05, 0.1) is 0 Å². The van der Waals surface area contributed by atoms with Gasteiger partial charge in [-0.15, -0.1) is 20.4 Å². The molecule has 8 nitrogen and oxygen atoms in total. The zero-order valence-corrected chi connectivity index (χ0v) is 13.5. The molecule has 12 heteroatoms. The lowest BCUT2D eigenvalue weighted by Gasteiger charge is -2.13. The molecule has 3 N–H and O–H groups in total. The number of nitrogens with one attached hydrogen (secondary N) is 3. The largest absolute Gasteiger partial charge is 0.435 e. The minimum absolute atomic E-state index is 0.118. The second kappa shape index (κ2) is 7.38. The average Bonchev–Trinajstić information content (AvgIpc) is 2.91. The Bertz CT molecular complexity index is 689. The van der Waals surface area contributed by atoms with Crippen molar-refractivity contribution in [2.45, 2.75) is 26.1 Å². The van der Waals surface area contributed by atoms with Crippen LogP contribution in [0.25, 0.3) is 0 Å².